The Hall–Kier alpha value is -1.39. The number of ether oxygens (including phenoxy) is 1. The van der Waals surface area contributed by atoms with Crippen molar-refractivity contribution in [3.8, 4) is 5.75 Å². The fourth-order valence-electron chi connectivity index (χ4n) is 3.03. The van der Waals surface area contributed by atoms with Gasteiger partial charge in [-0.3, -0.25) is 9.69 Å². The summed E-state index contributed by atoms with van der Waals surface area (Å²) in [5.41, 5.74) is 0.729. The first-order chi connectivity index (χ1) is 10.2. The van der Waals surface area contributed by atoms with Crippen molar-refractivity contribution in [2.24, 2.45) is 5.92 Å². The Bertz CT molecular complexity index is 456. The van der Waals surface area contributed by atoms with Crippen LogP contribution >= 0.6 is 0 Å². The molecule has 1 saturated heterocycles. The number of Topliss-reactive ketones (excluding diaryl/α,β-unsaturated/α-hetero) is 1. The van der Waals surface area contributed by atoms with E-state index in [0.29, 0.717) is 5.92 Å². The van der Waals surface area contributed by atoms with Crippen molar-refractivity contribution < 1.29 is 14.6 Å². The van der Waals surface area contributed by atoms with Crippen LogP contribution in [0.15, 0.2) is 24.3 Å². The predicted octanol–water partition coefficient (Wildman–Crippen LogP) is 2.36. The minimum Gasteiger partial charge on any atom is -0.497 e. The van der Waals surface area contributed by atoms with Crippen LogP contribution in [0, 0.1) is 5.92 Å². The number of likely N-dealkylation sites (tertiary alicyclic amines) is 1. The molecule has 2 atom stereocenters. The topological polar surface area (TPSA) is 49.8 Å². The third-order valence-corrected chi connectivity index (χ3v) is 4.39. The van der Waals surface area contributed by atoms with Crippen LogP contribution in [0.1, 0.15) is 36.5 Å². The summed E-state index contributed by atoms with van der Waals surface area (Å²) in [5, 5.41) is 9.08. The van der Waals surface area contributed by atoms with E-state index >= 15 is 0 Å². The summed E-state index contributed by atoms with van der Waals surface area (Å²) in [5.74, 6) is 1.43. The molecule has 1 aliphatic heterocycles. The number of carbonyl (C=O) groups is 1. The van der Waals surface area contributed by atoms with Gasteiger partial charge in [0, 0.05) is 18.7 Å². The van der Waals surface area contributed by atoms with E-state index < -0.39 is 0 Å². The van der Waals surface area contributed by atoms with Crippen molar-refractivity contribution in [1.82, 2.24) is 4.90 Å². The summed E-state index contributed by atoms with van der Waals surface area (Å²) >= 11 is 0. The lowest BCUT2D eigenvalue weighted by Gasteiger charge is -2.36. The molecule has 1 aliphatic rings. The zero-order valence-electron chi connectivity index (χ0n) is 12.9. The molecule has 4 heteroatoms. The normalized spacial score (nSPS) is 21.0. The number of hydrogen-bond acceptors (Lipinski definition) is 4. The molecule has 1 aromatic carbocycles. The van der Waals surface area contributed by atoms with E-state index in [-0.39, 0.29) is 18.4 Å². The van der Waals surface area contributed by atoms with Gasteiger partial charge in [0.25, 0.3) is 0 Å². The third-order valence-electron chi connectivity index (χ3n) is 4.39. The second kappa shape index (κ2) is 7.57. The molecule has 2 rings (SSSR count). The molecule has 2 unspecified atom stereocenters. The van der Waals surface area contributed by atoms with Gasteiger partial charge in [0.1, 0.15) is 5.75 Å². The number of hydrogen-bond donors (Lipinski definition) is 1. The summed E-state index contributed by atoms with van der Waals surface area (Å²) in [6.07, 6.45) is 3.09. The first-order valence-corrected chi connectivity index (χ1v) is 7.69. The van der Waals surface area contributed by atoms with Gasteiger partial charge in [0.15, 0.2) is 5.78 Å². The number of aliphatic hydroxyl groups excluding tert-OH is 1. The van der Waals surface area contributed by atoms with Crippen LogP contribution in [-0.4, -0.2) is 48.6 Å². The molecule has 0 bridgehead atoms. The van der Waals surface area contributed by atoms with Crippen LogP contribution in [0.4, 0.5) is 0 Å². The molecule has 0 aromatic heterocycles. The van der Waals surface area contributed by atoms with Gasteiger partial charge in [0.2, 0.25) is 0 Å². The van der Waals surface area contributed by atoms with Gasteiger partial charge in [-0.2, -0.15) is 0 Å². The lowest BCUT2D eigenvalue weighted by molar-refractivity contribution is 0.0728. The molecule has 0 spiro atoms. The number of piperidine rings is 1. The Balaban J connectivity index is 2.00. The quantitative estimate of drug-likeness (QED) is 0.818. The molecule has 1 fully saturated rings. The largest absolute Gasteiger partial charge is 0.497 e. The Labute approximate surface area is 126 Å². The number of aliphatic hydroxyl groups is 1. The molecule has 1 heterocycles. The van der Waals surface area contributed by atoms with Crippen molar-refractivity contribution >= 4 is 5.78 Å². The number of methoxy groups -OCH3 is 1. The second-order valence-corrected chi connectivity index (χ2v) is 5.78. The van der Waals surface area contributed by atoms with Crippen molar-refractivity contribution in [3.05, 3.63) is 29.8 Å². The standard InChI is InChI=1S/C17H25NO3/c1-13(18-10-3-4-14(12-18)9-11-19)17(20)15-5-7-16(21-2)8-6-15/h5-8,13-14,19H,3-4,9-12H2,1-2H3. The number of rotatable bonds is 6. The summed E-state index contributed by atoms with van der Waals surface area (Å²) in [7, 11) is 1.62. The molecule has 116 valence electrons. The maximum Gasteiger partial charge on any atom is 0.179 e. The molecule has 0 aliphatic carbocycles. The first-order valence-electron chi connectivity index (χ1n) is 7.69. The third kappa shape index (κ3) is 4.05. The molecular formula is C17H25NO3. The van der Waals surface area contributed by atoms with Crippen molar-refractivity contribution in [1.29, 1.82) is 0 Å². The van der Waals surface area contributed by atoms with Crippen LogP contribution in [0.3, 0.4) is 0 Å². The number of benzene rings is 1. The Morgan fingerprint density at radius 3 is 2.76 bits per heavy atom. The molecule has 0 saturated carbocycles. The monoisotopic (exact) mass is 291 g/mol. The first kappa shape index (κ1) is 16.0. The summed E-state index contributed by atoms with van der Waals surface area (Å²) in [4.78, 5) is 14.8. The highest BCUT2D eigenvalue weighted by Gasteiger charge is 2.27. The van der Waals surface area contributed by atoms with Crippen molar-refractivity contribution in [2.45, 2.75) is 32.2 Å². The summed E-state index contributed by atoms with van der Waals surface area (Å²) in [6.45, 7) is 4.09. The van der Waals surface area contributed by atoms with E-state index in [2.05, 4.69) is 4.90 Å². The zero-order chi connectivity index (χ0) is 15.2. The Morgan fingerprint density at radius 2 is 2.14 bits per heavy atom. The highest BCUT2D eigenvalue weighted by molar-refractivity contribution is 5.99. The van der Waals surface area contributed by atoms with Gasteiger partial charge >= 0.3 is 0 Å². The average Bonchev–Trinajstić information content (AvgIpc) is 2.54. The van der Waals surface area contributed by atoms with E-state index in [1.807, 2.05) is 31.2 Å². The molecule has 1 N–H and O–H groups in total. The van der Waals surface area contributed by atoms with Gasteiger partial charge in [-0.1, -0.05) is 0 Å². The van der Waals surface area contributed by atoms with Gasteiger partial charge in [-0.15, -0.1) is 0 Å². The van der Waals surface area contributed by atoms with E-state index in [1.54, 1.807) is 7.11 Å². The smallest absolute Gasteiger partial charge is 0.179 e. The molecule has 21 heavy (non-hydrogen) atoms. The van der Waals surface area contributed by atoms with E-state index in [1.165, 1.54) is 0 Å². The summed E-state index contributed by atoms with van der Waals surface area (Å²) in [6, 6.07) is 7.19. The van der Waals surface area contributed by atoms with E-state index in [4.69, 9.17) is 9.84 Å². The van der Waals surface area contributed by atoms with Gasteiger partial charge in [-0.05, 0) is 62.9 Å². The second-order valence-electron chi connectivity index (χ2n) is 5.78. The Kier molecular flexibility index (Phi) is 5.76. The van der Waals surface area contributed by atoms with Crippen molar-refractivity contribution in [3.63, 3.8) is 0 Å². The lowest BCUT2D eigenvalue weighted by Crippen LogP contribution is -2.45. The van der Waals surface area contributed by atoms with Crippen LogP contribution < -0.4 is 4.74 Å². The van der Waals surface area contributed by atoms with Crippen LogP contribution in [0.5, 0.6) is 5.75 Å². The maximum atomic E-state index is 12.6. The Morgan fingerprint density at radius 1 is 1.43 bits per heavy atom. The maximum absolute atomic E-state index is 12.6. The van der Waals surface area contributed by atoms with E-state index in [9.17, 15) is 4.79 Å². The highest BCUT2D eigenvalue weighted by atomic mass is 16.5. The number of ketones is 1. The predicted molar refractivity (Wildman–Crippen MR) is 82.8 cm³/mol. The minimum atomic E-state index is -0.111. The fraction of sp³-hybridized carbons (Fsp3) is 0.588. The molecule has 0 amide bonds. The van der Waals surface area contributed by atoms with Gasteiger partial charge in [-0.25, -0.2) is 0 Å². The summed E-state index contributed by atoms with van der Waals surface area (Å²) < 4.78 is 5.12. The van der Waals surface area contributed by atoms with Gasteiger partial charge < -0.3 is 9.84 Å². The van der Waals surface area contributed by atoms with Crippen molar-refractivity contribution in [2.75, 3.05) is 26.8 Å². The van der Waals surface area contributed by atoms with E-state index in [0.717, 1.165) is 43.7 Å². The fourth-order valence-corrected chi connectivity index (χ4v) is 3.03. The van der Waals surface area contributed by atoms with Crippen LogP contribution in [-0.2, 0) is 0 Å². The highest BCUT2D eigenvalue weighted by Crippen LogP contribution is 2.22. The lowest BCUT2D eigenvalue weighted by atomic mass is 9.93. The van der Waals surface area contributed by atoms with Crippen LogP contribution in [0.25, 0.3) is 0 Å². The number of carbonyl (C=O) groups excluding carboxylic acids is 1. The molecule has 1 aromatic rings. The minimum absolute atomic E-state index is 0.111. The molecule has 4 nitrogen and oxygen atoms in total. The molecule has 0 radical (unpaired) electrons. The average molecular weight is 291 g/mol. The molecular weight excluding hydrogens is 266 g/mol. The zero-order valence-corrected chi connectivity index (χ0v) is 12.9. The van der Waals surface area contributed by atoms with Gasteiger partial charge in [0.05, 0.1) is 13.2 Å². The number of nitrogens with zero attached hydrogens (tertiary/aromatic N) is 1. The van der Waals surface area contributed by atoms with Crippen LogP contribution in [0.2, 0.25) is 0 Å². The SMILES string of the molecule is COc1ccc(C(=O)C(C)N2CCCC(CCO)C2)cc1.